The van der Waals surface area contributed by atoms with E-state index in [-0.39, 0.29) is 5.78 Å². The smallest absolute Gasteiger partial charge is 0.235 e. The predicted molar refractivity (Wildman–Crippen MR) is 111 cm³/mol. The van der Waals surface area contributed by atoms with Crippen LogP contribution in [0.25, 0.3) is 11.3 Å². The molecule has 0 radical (unpaired) electrons. The highest BCUT2D eigenvalue weighted by atomic mass is 32.2. The second-order valence-electron chi connectivity index (χ2n) is 7.11. The number of benzene rings is 1. The van der Waals surface area contributed by atoms with Crippen LogP contribution in [0.4, 0.5) is 0 Å². The number of hydrogen-bond acceptors (Lipinski definition) is 6. The fourth-order valence-corrected chi connectivity index (χ4v) is 3.50. The molecule has 1 heterocycles. The Kier molecular flexibility index (Phi) is 8.57. The first-order valence-electron chi connectivity index (χ1n) is 9.78. The average molecular weight is 421 g/mol. The van der Waals surface area contributed by atoms with Gasteiger partial charge in [0, 0.05) is 24.7 Å². The Morgan fingerprint density at radius 2 is 1.86 bits per heavy atom. The number of unbranched alkanes of at least 4 members (excludes halogenated alkanes) is 2. The van der Waals surface area contributed by atoms with Crippen molar-refractivity contribution in [1.29, 1.82) is 0 Å². The lowest BCUT2D eigenvalue weighted by Gasteiger charge is -2.15. The minimum absolute atomic E-state index is 0.239. The van der Waals surface area contributed by atoms with E-state index in [0.29, 0.717) is 30.9 Å². The van der Waals surface area contributed by atoms with Crippen LogP contribution in [-0.4, -0.2) is 37.1 Å². The van der Waals surface area contributed by atoms with Crippen molar-refractivity contribution in [1.82, 2.24) is 10.3 Å². The lowest BCUT2D eigenvalue weighted by molar-refractivity contribution is -0.120. The van der Waals surface area contributed by atoms with E-state index < -0.39 is 27.5 Å². The largest absolute Gasteiger partial charge is 0.438 e. The van der Waals surface area contributed by atoms with Gasteiger partial charge in [0.15, 0.2) is 15.6 Å². The summed E-state index contributed by atoms with van der Waals surface area (Å²) in [5.41, 5.74) is 0.866. The number of sulfone groups is 1. The lowest BCUT2D eigenvalue weighted by atomic mass is 10.0. The molecule has 0 aliphatic heterocycles. The van der Waals surface area contributed by atoms with E-state index in [1.54, 1.807) is 6.20 Å². The number of ketones is 1. The molecule has 0 fully saturated rings. The molecular formula is C21H28N2O5S. The first-order valence-corrected chi connectivity index (χ1v) is 11.8. The molecule has 2 rings (SSSR count). The Morgan fingerprint density at radius 3 is 2.52 bits per heavy atom. The van der Waals surface area contributed by atoms with Gasteiger partial charge in [-0.25, -0.2) is 13.4 Å². The third kappa shape index (κ3) is 8.19. The molecular weight excluding hydrogens is 392 g/mol. The summed E-state index contributed by atoms with van der Waals surface area (Å²) >= 11 is 0. The summed E-state index contributed by atoms with van der Waals surface area (Å²) in [4.78, 5) is 27.8. The topological polar surface area (TPSA) is 106 Å². The van der Waals surface area contributed by atoms with Gasteiger partial charge in [0.2, 0.25) is 11.8 Å². The number of rotatable bonds is 12. The molecule has 0 aliphatic rings. The number of Topliss-reactive ketones (excluding diaryl/α,β-unsaturated/α-hetero) is 1. The number of oxazole rings is 1. The van der Waals surface area contributed by atoms with Gasteiger partial charge < -0.3 is 9.73 Å². The molecule has 1 atom stereocenters. The lowest BCUT2D eigenvalue weighted by Crippen LogP contribution is -2.33. The number of aromatic nitrogens is 1. The molecule has 0 aliphatic carbocycles. The molecule has 1 N–H and O–H groups in total. The van der Waals surface area contributed by atoms with Gasteiger partial charge in [-0.05, 0) is 12.8 Å². The monoisotopic (exact) mass is 420 g/mol. The van der Waals surface area contributed by atoms with Crippen LogP contribution in [0.1, 0.15) is 57.4 Å². The van der Waals surface area contributed by atoms with Crippen molar-refractivity contribution in [3.63, 3.8) is 0 Å². The Hall–Kier alpha value is -2.48. The summed E-state index contributed by atoms with van der Waals surface area (Å²) in [6.07, 6.45) is 6.63. The van der Waals surface area contributed by atoms with E-state index in [0.717, 1.165) is 31.1 Å². The first kappa shape index (κ1) is 22.8. The van der Waals surface area contributed by atoms with Crippen molar-refractivity contribution in [2.24, 2.45) is 0 Å². The zero-order valence-electron chi connectivity index (χ0n) is 16.9. The summed E-state index contributed by atoms with van der Waals surface area (Å²) in [7, 11) is -3.43. The summed E-state index contributed by atoms with van der Waals surface area (Å²) in [5.74, 6) is -0.00557. The molecule has 0 saturated heterocycles. The van der Waals surface area contributed by atoms with Gasteiger partial charge in [0.05, 0.1) is 6.20 Å². The fraction of sp³-hybridized carbons (Fsp3) is 0.476. The Morgan fingerprint density at radius 1 is 1.14 bits per heavy atom. The average Bonchev–Trinajstić information content (AvgIpc) is 3.16. The molecule has 2 aromatic rings. The van der Waals surface area contributed by atoms with Gasteiger partial charge in [-0.15, -0.1) is 0 Å². The summed E-state index contributed by atoms with van der Waals surface area (Å²) in [6.45, 7) is 1.85. The maximum atomic E-state index is 12.1. The zero-order valence-corrected chi connectivity index (χ0v) is 17.7. The molecule has 29 heavy (non-hydrogen) atoms. The van der Waals surface area contributed by atoms with Crippen molar-refractivity contribution < 1.29 is 22.4 Å². The van der Waals surface area contributed by atoms with E-state index in [4.69, 9.17) is 4.42 Å². The van der Waals surface area contributed by atoms with Gasteiger partial charge in [-0.1, -0.05) is 50.1 Å². The zero-order chi connectivity index (χ0) is 21.3. The van der Waals surface area contributed by atoms with Crippen molar-refractivity contribution in [2.75, 3.05) is 12.0 Å². The third-order valence-corrected chi connectivity index (χ3v) is 5.24. The number of nitrogens with one attached hydrogen (secondary N) is 1. The Bertz CT molecular complexity index is 906. The SMILES string of the molecule is CCC(=O)CCCCC[C@H](NC(=O)CS(C)(=O)=O)c1ncc(-c2ccccc2)o1. The maximum Gasteiger partial charge on any atom is 0.235 e. The molecule has 1 amide bonds. The van der Waals surface area contributed by atoms with E-state index in [1.165, 1.54) is 0 Å². The summed E-state index contributed by atoms with van der Waals surface area (Å²) in [6, 6.07) is 8.95. The molecule has 0 saturated carbocycles. The quantitative estimate of drug-likeness (QED) is 0.527. The van der Waals surface area contributed by atoms with Gasteiger partial charge >= 0.3 is 0 Å². The van der Waals surface area contributed by atoms with E-state index in [9.17, 15) is 18.0 Å². The molecule has 158 valence electrons. The molecule has 0 spiro atoms. The maximum absolute atomic E-state index is 12.1. The van der Waals surface area contributed by atoms with E-state index in [2.05, 4.69) is 10.3 Å². The van der Waals surface area contributed by atoms with Crippen molar-refractivity contribution >= 4 is 21.5 Å². The Balaban J connectivity index is 2.04. The number of carbonyl (C=O) groups excluding carboxylic acids is 2. The number of carbonyl (C=O) groups is 2. The standard InChI is InChI=1S/C21H28N2O5S/c1-3-17(24)12-8-5-9-13-18(23-20(25)15-29(2,26)27)21-22-14-19(28-21)16-10-6-4-7-11-16/h4,6-7,10-11,14,18H,3,5,8-9,12-13,15H2,1-2H3,(H,23,25)/t18-/m0/s1. The molecule has 8 heteroatoms. The third-order valence-electron chi connectivity index (χ3n) is 4.45. The van der Waals surface area contributed by atoms with Gasteiger partial charge in [0.1, 0.15) is 17.6 Å². The van der Waals surface area contributed by atoms with Crippen LogP contribution in [0, 0.1) is 0 Å². The molecule has 0 bridgehead atoms. The molecule has 1 aromatic heterocycles. The Labute approximate surface area is 171 Å². The van der Waals surface area contributed by atoms with Gasteiger partial charge in [-0.3, -0.25) is 9.59 Å². The van der Waals surface area contributed by atoms with Crippen molar-refractivity contribution in [3.05, 3.63) is 42.4 Å². The van der Waals surface area contributed by atoms with Crippen LogP contribution in [0.2, 0.25) is 0 Å². The first-order chi connectivity index (χ1) is 13.8. The van der Waals surface area contributed by atoms with Gasteiger partial charge in [0.25, 0.3) is 0 Å². The van der Waals surface area contributed by atoms with Crippen LogP contribution in [0.3, 0.4) is 0 Å². The highest BCUT2D eigenvalue weighted by Crippen LogP contribution is 2.25. The minimum atomic E-state index is -3.43. The van der Waals surface area contributed by atoms with Crippen LogP contribution in [0.15, 0.2) is 40.9 Å². The summed E-state index contributed by atoms with van der Waals surface area (Å²) in [5, 5.41) is 2.72. The highest BCUT2D eigenvalue weighted by Gasteiger charge is 2.22. The highest BCUT2D eigenvalue weighted by molar-refractivity contribution is 7.91. The van der Waals surface area contributed by atoms with E-state index in [1.807, 2.05) is 37.3 Å². The molecule has 7 nitrogen and oxygen atoms in total. The van der Waals surface area contributed by atoms with Gasteiger partial charge in [-0.2, -0.15) is 0 Å². The number of hydrogen-bond donors (Lipinski definition) is 1. The van der Waals surface area contributed by atoms with E-state index >= 15 is 0 Å². The number of nitrogens with zero attached hydrogens (tertiary/aromatic N) is 1. The predicted octanol–water partition coefficient (Wildman–Crippen LogP) is 3.47. The van der Waals surface area contributed by atoms with Crippen LogP contribution >= 0.6 is 0 Å². The second-order valence-corrected chi connectivity index (χ2v) is 9.25. The van der Waals surface area contributed by atoms with Crippen LogP contribution in [-0.2, 0) is 19.4 Å². The van der Waals surface area contributed by atoms with Crippen molar-refractivity contribution in [2.45, 2.75) is 51.5 Å². The molecule has 0 unspecified atom stereocenters. The molecule has 1 aromatic carbocycles. The fourth-order valence-electron chi connectivity index (χ4n) is 2.94. The normalized spacial score (nSPS) is 12.5. The number of amides is 1. The second kappa shape index (κ2) is 10.9. The van der Waals surface area contributed by atoms with Crippen LogP contribution < -0.4 is 5.32 Å². The summed E-state index contributed by atoms with van der Waals surface area (Å²) < 4.78 is 28.7. The van der Waals surface area contributed by atoms with Crippen molar-refractivity contribution in [3.8, 4) is 11.3 Å². The van der Waals surface area contributed by atoms with Crippen LogP contribution in [0.5, 0.6) is 0 Å². The minimum Gasteiger partial charge on any atom is -0.438 e.